The van der Waals surface area contributed by atoms with Crippen molar-refractivity contribution < 1.29 is 4.79 Å². The number of carbonyl (C=O) groups is 1. The van der Waals surface area contributed by atoms with E-state index in [0.29, 0.717) is 18.2 Å². The van der Waals surface area contributed by atoms with Crippen LogP contribution in [0.4, 0.5) is 5.69 Å². The molecule has 3 N–H and O–H groups in total. The average molecular weight is 388 g/mol. The van der Waals surface area contributed by atoms with Crippen LogP contribution in [0.5, 0.6) is 0 Å². The summed E-state index contributed by atoms with van der Waals surface area (Å²) >= 11 is 6.07. The molecule has 0 saturated heterocycles. The summed E-state index contributed by atoms with van der Waals surface area (Å²) in [6.45, 7) is 5.15. The minimum Gasteiger partial charge on any atom is -0.356 e. The Balaban J connectivity index is 1.79. The summed E-state index contributed by atoms with van der Waals surface area (Å²) in [4.78, 5) is 20.1. The summed E-state index contributed by atoms with van der Waals surface area (Å²) in [5, 5.41) is 9.81. The molecule has 7 heteroatoms. The zero-order valence-electron chi connectivity index (χ0n) is 15.9. The number of nitrogens with zero attached hydrogens (tertiary/aromatic N) is 2. The monoisotopic (exact) mass is 387 g/mol. The fourth-order valence-corrected chi connectivity index (χ4v) is 2.82. The number of halogens is 1. The van der Waals surface area contributed by atoms with Crippen LogP contribution in [0.2, 0.25) is 5.02 Å². The van der Waals surface area contributed by atoms with Gasteiger partial charge in [0.1, 0.15) is 0 Å². The standard InChI is InChI=1S/C20H26ClN5O/c1-20(2,11-15-6-4-7-16(21)10-15)14-25-19(22-3)24-13-18(27)26-17-8-5-9-23-12-17/h4-10,12H,11,13-14H2,1-3H3,(H,26,27)(H2,22,24,25). The first-order valence-electron chi connectivity index (χ1n) is 8.77. The molecule has 0 radical (unpaired) electrons. The van der Waals surface area contributed by atoms with Crippen LogP contribution in [0.3, 0.4) is 0 Å². The highest BCUT2D eigenvalue weighted by Gasteiger charge is 2.19. The van der Waals surface area contributed by atoms with E-state index in [-0.39, 0.29) is 17.9 Å². The van der Waals surface area contributed by atoms with E-state index in [9.17, 15) is 4.79 Å². The van der Waals surface area contributed by atoms with Gasteiger partial charge in [-0.1, -0.05) is 37.6 Å². The number of amides is 1. The Kier molecular flexibility index (Phi) is 7.61. The highest BCUT2D eigenvalue weighted by Crippen LogP contribution is 2.22. The number of hydrogen-bond acceptors (Lipinski definition) is 3. The number of hydrogen-bond donors (Lipinski definition) is 3. The van der Waals surface area contributed by atoms with Gasteiger partial charge in [0, 0.05) is 24.8 Å². The molecule has 2 rings (SSSR count). The Bertz CT molecular complexity index is 777. The maximum atomic E-state index is 12.0. The first-order valence-corrected chi connectivity index (χ1v) is 9.14. The van der Waals surface area contributed by atoms with Crippen molar-refractivity contribution in [2.24, 2.45) is 10.4 Å². The number of guanidine groups is 1. The lowest BCUT2D eigenvalue weighted by atomic mass is 9.86. The van der Waals surface area contributed by atoms with Gasteiger partial charge in [-0.3, -0.25) is 14.8 Å². The molecule has 1 heterocycles. The van der Waals surface area contributed by atoms with E-state index in [2.05, 4.69) is 45.8 Å². The van der Waals surface area contributed by atoms with Crippen molar-refractivity contribution in [1.82, 2.24) is 15.6 Å². The van der Waals surface area contributed by atoms with Gasteiger partial charge in [-0.2, -0.15) is 0 Å². The number of carbonyl (C=O) groups excluding carboxylic acids is 1. The van der Waals surface area contributed by atoms with Gasteiger partial charge < -0.3 is 16.0 Å². The lowest BCUT2D eigenvalue weighted by Crippen LogP contribution is -2.45. The van der Waals surface area contributed by atoms with Gasteiger partial charge in [0.05, 0.1) is 18.4 Å². The van der Waals surface area contributed by atoms with Crippen LogP contribution in [0.1, 0.15) is 19.4 Å². The number of aromatic nitrogens is 1. The highest BCUT2D eigenvalue weighted by molar-refractivity contribution is 6.30. The lowest BCUT2D eigenvalue weighted by molar-refractivity contribution is -0.115. The molecule has 1 aromatic heterocycles. The molecule has 0 aliphatic heterocycles. The molecule has 0 atom stereocenters. The normalized spacial score (nSPS) is 11.8. The lowest BCUT2D eigenvalue weighted by Gasteiger charge is -2.26. The van der Waals surface area contributed by atoms with Gasteiger partial charge in [-0.15, -0.1) is 0 Å². The van der Waals surface area contributed by atoms with Crippen LogP contribution in [-0.2, 0) is 11.2 Å². The predicted octanol–water partition coefficient (Wildman–Crippen LogP) is 3.11. The molecule has 1 amide bonds. The molecule has 0 saturated carbocycles. The molecular formula is C20H26ClN5O. The van der Waals surface area contributed by atoms with Gasteiger partial charge >= 0.3 is 0 Å². The molecule has 0 fully saturated rings. The minimum absolute atomic E-state index is 0.0136. The quantitative estimate of drug-likeness (QED) is 0.504. The Morgan fingerprint density at radius 1 is 1.22 bits per heavy atom. The Labute approximate surface area is 165 Å². The molecule has 27 heavy (non-hydrogen) atoms. The van der Waals surface area contributed by atoms with Crippen LogP contribution in [0, 0.1) is 5.41 Å². The Hall–Kier alpha value is -2.60. The van der Waals surface area contributed by atoms with Crippen molar-refractivity contribution in [3.8, 4) is 0 Å². The van der Waals surface area contributed by atoms with Gasteiger partial charge in [0.25, 0.3) is 0 Å². The average Bonchev–Trinajstić information content (AvgIpc) is 2.62. The van der Waals surface area contributed by atoms with E-state index >= 15 is 0 Å². The molecule has 1 aromatic carbocycles. The zero-order chi connectivity index (χ0) is 19.7. The number of anilines is 1. The van der Waals surface area contributed by atoms with E-state index in [1.54, 1.807) is 31.6 Å². The second-order valence-electron chi connectivity index (χ2n) is 7.04. The maximum Gasteiger partial charge on any atom is 0.243 e. The summed E-state index contributed by atoms with van der Waals surface area (Å²) in [6, 6.07) is 11.5. The summed E-state index contributed by atoms with van der Waals surface area (Å²) in [6.07, 6.45) is 4.13. The predicted molar refractivity (Wildman–Crippen MR) is 111 cm³/mol. The van der Waals surface area contributed by atoms with E-state index in [1.165, 1.54) is 5.56 Å². The molecular weight excluding hydrogens is 362 g/mol. The molecule has 0 unspecified atom stereocenters. The fraction of sp³-hybridized carbons (Fsp3) is 0.350. The van der Waals surface area contributed by atoms with Crippen molar-refractivity contribution in [3.63, 3.8) is 0 Å². The van der Waals surface area contributed by atoms with Crippen molar-refractivity contribution in [2.75, 3.05) is 25.5 Å². The van der Waals surface area contributed by atoms with E-state index < -0.39 is 0 Å². The van der Waals surface area contributed by atoms with Crippen molar-refractivity contribution in [2.45, 2.75) is 20.3 Å². The number of rotatable bonds is 7. The van der Waals surface area contributed by atoms with Crippen molar-refractivity contribution in [3.05, 3.63) is 59.4 Å². The van der Waals surface area contributed by atoms with Crippen LogP contribution < -0.4 is 16.0 Å². The Morgan fingerprint density at radius 3 is 2.70 bits per heavy atom. The van der Waals surface area contributed by atoms with Crippen LogP contribution in [-0.4, -0.2) is 37.0 Å². The van der Waals surface area contributed by atoms with Crippen molar-refractivity contribution in [1.29, 1.82) is 0 Å². The van der Waals surface area contributed by atoms with Gasteiger partial charge in [-0.25, -0.2) is 0 Å². The SMILES string of the molecule is CN=C(NCC(=O)Nc1cccnc1)NCC(C)(C)Cc1cccc(Cl)c1. The van der Waals surface area contributed by atoms with Gasteiger partial charge in [0.15, 0.2) is 5.96 Å². The van der Waals surface area contributed by atoms with Gasteiger partial charge in [0.2, 0.25) is 5.91 Å². The van der Waals surface area contributed by atoms with Crippen LogP contribution in [0.15, 0.2) is 53.8 Å². The Morgan fingerprint density at radius 2 is 2.04 bits per heavy atom. The topological polar surface area (TPSA) is 78.4 Å². The van der Waals surface area contributed by atoms with Crippen LogP contribution in [0.25, 0.3) is 0 Å². The number of benzene rings is 1. The maximum absolute atomic E-state index is 12.0. The molecule has 0 aliphatic rings. The molecule has 6 nitrogen and oxygen atoms in total. The zero-order valence-corrected chi connectivity index (χ0v) is 16.7. The van der Waals surface area contributed by atoms with E-state index in [4.69, 9.17) is 11.6 Å². The third-order valence-corrected chi connectivity index (χ3v) is 4.13. The van der Waals surface area contributed by atoms with E-state index in [1.807, 2.05) is 18.2 Å². The third-order valence-electron chi connectivity index (χ3n) is 3.89. The third kappa shape index (κ3) is 7.66. The molecule has 0 aliphatic carbocycles. The number of aliphatic imine (C=N–C) groups is 1. The molecule has 2 aromatic rings. The molecule has 0 spiro atoms. The second kappa shape index (κ2) is 9.92. The first-order chi connectivity index (χ1) is 12.9. The smallest absolute Gasteiger partial charge is 0.243 e. The molecule has 0 bridgehead atoms. The van der Waals surface area contributed by atoms with Gasteiger partial charge in [-0.05, 0) is 41.7 Å². The summed E-state index contributed by atoms with van der Waals surface area (Å²) in [5.74, 6) is 0.416. The van der Waals surface area contributed by atoms with Crippen LogP contribution >= 0.6 is 11.6 Å². The molecule has 144 valence electrons. The summed E-state index contributed by atoms with van der Waals surface area (Å²) in [5.41, 5.74) is 1.84. The minimum atomic E-state index is -0.163. The summed E-state index contributed by atoms with van der Waals surface area (Å²) in [7, 11) is 1.68. The van der Waals surface area contributed by atoms with Crippen molar-refractivity contribution >= 4 is 29.2 Å². The fourth-order valence-electron chi connectivity index (χ4n) is 2.61. The number of nitrogens with one attached hydrogen (secondary N) is 3. The highest BCUT2D eigenvalue weighted by atomic mass is 35.5. The van der Waals surface area contributed by atoms with E-state index in [0.717, 1.165) is 11.4 Å². The first kappa shape index (κ1) is 20.7. The second-order valence-corrected chi connectivity index (χ2v) is 7.48. The largest absolute Gasteiger partial charge is 0.356 e. The summed E-state index contributed by atoms with van der Waals surface area (Å²) < 4.78 is 0. The number of pyridine rings is 1.